The van der Waals surface area contributed by atoms with Crippen molar-refractivity contribution in [1.29, 1.82) is 0 Å². The van der Waals surface area contributed by atoms with E-state index in [0.29, 0.717) is 5.02 Å². The third-order valence-electron chi connectivity index (χ3n) is 5.46. The van der Waals surface area contributed by atoms with Crippen LogP contribution in [0.1, 0.15) is 28.7 Å². The average Bonchev–Trinajstić information content (AvgIpc) is 3.41. The molecule has 136 valence electrons. The number of halogens is 1. The third kappa shape index (κ3) is 3.38. The molecule has 1 aliphatic rings. The average molecular weight is 376 g/mol. The summed E-state index contributed by atoms with van der Waals surface area (Å²) in [5, 5.41) is 3.72. The summed E-state index contributed by atoms with van der Waals surface area (Å²) in [6.45, 7) is 4.19. The van der Waals surface area contributed by atoms with Crippen LogP contribution in [0.5, 0.6) is 0 Å². The van der Waals surface area contributed by atoms with Crippen LogP contribution in [0.25, 0.3) is 0 Å². The first-order valence-corrected chi connectivity index (χ1v) is 9.57. The molecule has 0 aromatic heterocycles. The van der Waals surface area contributed by atoms with Gasteiger partial charge in [0.1, 0.15) is 0 Å². The van der Waals surface area contributed by atoms with Gasteiger partial charge < -0.3 is 5.32 Å². The molecule has 27 heavy (non-hydrogen) atoms. The standard InChI is InChI=1S/C24H22ClNO/c1-16-5-3-7-18(13-16)24(19-8-4-6-17(2)14-19)15-22(24)23(27)26-21-11-9-20(25)10-12-21/h3-14,22H,15H2,1-2H3,(H,26,27)/t22-/m1/s1. The Hall–Kier alpha value is -2.58. The molecule has 1 atom stereocenters. The Kier molecular flexibility index (Phi) is 4.53. The fraction of sp³-hybridized carbons (Fsp3) is 0.208. The predicted molar refractivity (Wildman–Crippen MR) is 111 cm³/mol. The summed E-state index contributed by atoms with van der Waals surface area (Å²) < 4.78 is 0. The maximum absolute atomic E-state index is 13.0. The van der Waals surface area contributed by atoms with Crippen LogP contribution in [0.15, 0.2) is 72.8 Å². The van der Waals surface area contributed by atoms with E-state index in [-0.39, 0.29) is 17.2 Å². The van der Waals surface area contributed by atoms with Crippen molar-refractivity contribution in [1.82, 2.24) is 0 Å². The summed E-state index contributed by atoms with van der Waals surface area (Å²) in [7, 11) is 0. The molecule has 4 rings (SSSR count). The second kappa shape index (κ2) is 6.86. The zero-order valence-corrected chi connectivity index (χ0v) is 16.3. The highest BCUT2D eigenvalue weighted by Crippen LogP contribution is 2.59. The number of amides is 1. The van der Waals surface area contributed by atoms with Crippen LogP contribution >= 0.6 is 11.6 Å². The minimum Gasteiger partial charge on any atom is -0.326 e. The molecule has 1 N–H and O–H groups in total. The highest BCUT2D eigenvalue weighted by molar-refractivity contribution is 6.30. The van der Waals surface area contributed by atoms with Crippen molar-refractivity contribution in [2.45, 2.75) is 25.7 Å². The molecule has 0 bridgehead atoms. The fourth-order valence-corrected chi connectivity index (χ4v) is 4.12. The van der Waals surface area contributed by atoms with E-state index in [1.165, 1.54) is 22.3 Å². The van der Waals surface area contributed by atoms with Crippen molar-refractivity contribution in [2.75, 3.05) is 5.32 Å². The molecule has 2 nitrogen and oxygen atoms in total. The molecule has 3 aromatic carbocycles. The van der Waals surface area contributed by atoms with E-state index in [4.69, 9.17) is 11.6 Å². The molecule has 1 fully saturated rings. The van der Waals surface area contributed by atoms with Gasteiger partial charge in [-0.15, -0.1) is 0 Å². The van der Waals surface area contributed by atoms with Gasteiger partial charge in [-0.3, -0.25) is 4.79 Å². The van der Waals surface area contributed by atoms with Gasteiger partial charge in [-0.1, -0.05) is 71.3 Å². The van der Waals surface area contributed by atoms with Gasteiger partial charge in [-0.2, -0.15) is 0 Å². The molecular formula is C24H22ClNO. The molecule has 3 aromatic rings. The first-order valence-electron chi connectivity index (χ1n) is 9.20. The lowest BCUT2D eigenvalue weighted by Crippen LogP contribution is -2.22. The molecule has 1 saturated carbocycles. The summed E-state index contributed by atoms with van der Waals surface area (Å²) in [5.74, 6) is -0.0305. The quantitative estimate of drug-likeness (QED) is 0.604. The van der Waals surface area contributed by atoms with E-state index in [2.05, 4.69) is 67.7 Å². The molecule has 0 heterocycles. The normalized spacial score (nSPS) is 17.4. The van der Waals surface area contributed by atoms with Crippen LogP contribution in [0.2, 0.25) is 5.02 Å². The minimum absolute atomic E-state index is 0.0559. The van der Waals surface area contributed by atoms with E-state index in [1.807, 2.05) is 12.1 Å². The SMILES string of the molecule is Cc1cccc(C2(c3cccc(C)c3)C[C@@H]2C(=O)Nc2ccc(Cl)cc2)c1. The van der Waals surface area contributed by atoms with Crippen LogP contribution in [0.3, 0.4) is 0 Å². The van der Waals surface area contributed by atoms with E-state index in [9.17, 15) is 4.79 Å². The van der Waals surface area contributed by atoms with Crippen LogP contribution in [0, 0.1) is 19.8 Å². The molecular weight excluding hydrogens is 354 g/mol. The lowest BCUT2D eigenvalue weighted by atomic mass is 9.84. The minimum atomic E-state index is -0.255. The number of carbonyl (C=O) groups is 1. The first-order chi connectivity index (χ1) is 13.0. The van der Waals surface area contributed by atoms with Gasteiger partial charge >= 0.3 is 0 Å². The van der Waals surface area contributed by atoms with Crippen molar-refractivity contribution in [2.24, 2.45) is 5.92 Å². The molecule has 0 saturated heterocycles. The van der Waals surface area contributed by atoms with E-state index in [0.717, 1.165) is 12.1 Å². The zero-order chi connectivity index (χ0) is 19.0. The monoisotopic (exact) mass is 375 g/mol. The predicted octanol–water partition coefficient (Wildman–Crippen LogP) is 5.90. The number of rotatable bonds is 4. The number of hydrogen-bond acceptors (Lipinski definition) is 1. The Morgan fingerprint density at radius 1 is 0.926 bits per heavy atom. The summed E-state index contributed by atoms with van der Waals surface area (Å²) in [6.07, 6.45) is 0.819. The first kappa shape index (κ1) is 17.8. The highest BCUT2D eigenvalue weighted by Gasteiger charge is 2.60. The fourth-order valence-electron chi connectivity index (χ4n) is 3.99. The van der Waals surface area contributed by atoms with Gasteiger partial charge in [-0.25, -0.2) is 0 Å². The van der Waals surface area contributed by atoms with Crippen molar-refractivity contribution < 1.29 is 4.79 Å². The number of aryl methyl sites for hydroxylation is 2. The third-order valence-corrected chi connectivity index (χ3v) is 5.71. The number of carbonyl (C=O) groups excluding carboxylic acids is 1. The maximum Gasteiger partial charge on any atom is 0.228 e. The molecule has 0 aliphatic heterocycles. The Balaban J connectivity index is 1.69. The van der Waals surface area contributed by atoms with Crippen LogP contribution in [0.4, 0.5) is 5.69 Å². The summed E-state index contributed by atoms with van der Waals surface area (Å²) in [4.78, 5) is 13.0. The summed E-state index contributed by atoms with van der Waals surface area (Å²) >= 11 is 5.95. The van der Waals surface area contributed by atoms with Gasteiger partial charge in [0.2, 0.25) is 5.91 Å². The number of anilines is 1. The molecule has 0 radical (unpaired) electrons. The summed E-state index contributed by atoms with van der Waals surface area (Å²) in [6, 6.07) is 24.3. The number of hydrogen-bond donors (Lipinski definition) is 1. The molecule has 3 heteroatoms. The Labute approximate surface area is 165 Å². The number of nitrogens with one attached hydrogen (secondary N) is 1. The van der Waals surface area contributed by atoms with Crippen molar-refractivity contribution in [3.05, 3.63) is 100 Å². The zero-order valence-electron chi connectivity index (χ0n) is 15.5. The van der Waals surface area contributed by atoms with Crippen molar-refractivity contribution >= 4 is 23.2 Å². The highest BCUT2D eigenvalue weighted by atomic mass is 35.5. The Morgan fingerprint density at radius 2 is 1.48 bits per heavy atom. The Morgan fingerprint density at radius 3 is 2.00 bits per heavy atom. The van der Waals surface area contributed by atoms with Gasteiger partial charge in [0.25, 0.3) is 0 Å². The smallest absolute Gasteiger partial charge is 0.228 e. The van der Waals surface area contributed by atoms with Gasteiger partial charge in [0.15, 0.2) is 0 Å². The lowest BCUT2D eigenvalue weighted by molar-refractivity contribution is -0.117. The van der Waals surface area contributed by atoms with Crippen molar-refractivity contribution in [3.8, 4) is 0 Å². The molecule has 0 spiro atoms. The van der Waals surface area contributed by atoms with Crippen LogP contribution in [-0.2, 0) is 10.2 Å². The van der Waals surface area contributed by atoms with Crippen molar-refractivity contribution in [3.63, 3.8) is 0 Å². The van der Waals surface area contributed by atoms with E-state index in [1.54, 1.807) is 12.1 Å². The van der Waals surface area contributed by atoms with Crippen LogP contribution < -0.4 is 5.32 Å². The summed E-state index contributed by atoms with van der Waals surface area (Å²) in [5.41, 5.74) is 5.37. The molecule has 1 amide bonds. The van der Waals surface area contributed by atoms with E-state index >= 15 is 0 Å². The molecule has 0 unspecified atom stereocenters. The number of benzene rings is 3. The topological polar surface area (TPSA) is 29.1 Å². The van der Waals surface area contributed by atoms with Gasteiger partial charge in [-0.05, 0) is 55.7 Å². The Bertz CT molecular complexity index is 948. The lowest BCUT2D eigenvalue weighted by Gasteiger charge is -2.20. The van der Waals surface area contributed by atoms with Gasteiger partial charge in [0.05, 0.1) is 5.92 Å². The second-order valence-corrected chi connectivity index (χ2v) is 7.90. The largest absolute Gasteiger partial charge is 0.326 e. The second-order valence-electron chi connectivity index (χ2n) is 7.46. The van der Waals surface area contributed by atoms with Crippen LogP contribution in [-0.4, -0.2) is 5.91 Å². The van der Waals surface area contributed by atoms with E-state index < -0.39 is 0 Å². The van der Waals surface area contributed by atoms with Gasteiger partial charge in [0, 0.05) is 16.1 Å². The molecule has 1 aliphatic carbocycles. The maximum atomic E-state index is 13.0.